The number of benzene rings is 2. The van der Waals surface area contributed by atoms with Gasteiger partial charge in [0.25, 0.3) is 5.91 Å². The van der Waals surface area contributed by atoms with Crippen LogP contribution >= 0.6 is 0 Å². The van der Waals surface area contributed by atoms with Gasteiger partial charge in [-0.1, -0.05) is 18.2 Å². The lowest BCUT2D eigenvalue weighted by molar-refractivity contribution is -0.133. The fraction of sp³-hybridized carbons (Fsp3) is 0.385. The third-order valence-corrected chi connectivity index (χ3v) is 6.42. The van der Waals surface area contributed by atoms with Crippen molar-refractivity contribution in [3.63, 3.8) is 0 Å². The van der Waals surface area contributed by atoms with E-state index in [0.717, 1.165) is 38.2 Å². The molecule has 0 atom stereocenters. The molecule has 1 fully saturated rings. The predicted molar refractivity (Wildman–Crippen MR) is 129 cm³/mol. The maximum Gasteiger partial charge on any atom is 0.251 e. The molecule has 1 aliphatic heterocycles. The van der Waals surface area contributed by atoms with Gasteiger partial charge in [-0.25, -0.2) is 0 Å². The van der Waals surface area contributed by atoms with Gasteiger partial charge in [-0.2, -0.15) is 0 Å². The van der Waals surface area contributed by atoms with Crippen molar-refractivity contribution >= 4 is 28.4 Å². The van der Waals surface area contributed by atoms with Crippen LogP contribution < -0.4 is 10.2 Å². The molecular weight excluding hydrogens is 400 g/mol. The number of anilines is 1. The van der Waals surface area contributed by atoms with E-state index < -0.39 is 0 Å². The Labute approximate surface area is 189 Å². The molecule has 1 aliphatic rings. The standard InChI is InChI=1S/C26H32N4O2/c1-19-18-22-6-4-5-7-24(22)30(19)17-14-27-25(31)20-8-10-23(11-9-20)29-15-12-21(13-16-29)26(32)28(2)3/h4-11,18,21H,12-17H2,1-3H3,(H,27,31). The molecule has 3 aromatic rings. The molecule has 2 amide bonds. The second-order valence-electron chi connectivity index (χ2n) is 8.79. The molecule has 0 spiro atoms. The number of nitrogens with one attached hydrogen (secondary N) is 1. The number of carbonyl (C=O) groups is 2. The summed E-state index contributed by atoms with van der Waals surface area (Å²) >= 11 is 0. The largest absolute Gasteiger partial charge is 0.371 e. The lowest BCUT2D eigenvalue weighted by Crippen LogP contribution is -2.40. The second kappa shape index (κ2) is 9.47. The zero-order chi connectivity index (χ0) is 22.7. The molecule has 0 radical (unpaired) electrons. The van der Waals surface area contributed by atoms with Crippen molar-refractivity contribution in [1.29, 1.82) is 0 Å². The maximum atomic E-state index is 12.6. The van der Waals surface area contributed by atoms with Crippen LogP contribution in [0.5, 0.6) is 0 Å². The van der Waals surface area contributed by atoms with Crippen LogP contribution in [0, 0.1) is 12.8 Å². The molecule has 2 aromatic carbocycles. The first-order valence-corrected chi connectivity index (χ1v) is 11.3. The molecule has 6 heteroatoms. The van der Waals surface area contributed by atoms with Crippen molar-refractivity contribution in [2.24, 2.45) is 5.92 Å². The van der Waals surface area contributed by atoms with Crippen LogP contribution in [0.3, 0.4) is 0 Å². The quantitative estimate of drug-likeness (QED) is 0.646. The van der Waals surface area contributed by atoms with Crippen LogP contribution in [-0.2, 0) is 11.3 Å². The van der Waals surface area contributed by atoms with Gasteiger partial charge in [-0.05, 0) is 61.5 Å². The van der Waals surface area contributed by atoms with Crippen molar-refractivity contribution in [1.82, 2.24) is 14.8 Å². The number of para-hydroxylation sites is 1. The van der Waals surface area contributed by atoms with E-state index >= 15 is 0 Å². The van der Waals surface area contributed by atoms with Gasteiger partial charge in [0.05, 0.1) is 0 Å². The van der Waals surface area contributed by atoms with Crippen molar-refractivity contribution < 1.29 is 9.59 Å². The monoisotopic (exact) mass is 432 g/mol. The first kappa shape index (κ1) is 21.9. The van der Waals surface area contributed by atoms with E-state index in [9.17, 15) is 9.59 Å². The van der Waals surface area contributed by atoms with Crippen LogP contribution in [0.2, 0.25) is 0 Å². The van der Waals surface area contributed by atoms with Crippen molar-refractivity contribution in [3.05, 3.63) is 65.9 Å². The summed E-state index contributed by atoms with van der Waals surface area (Å²) in [7, 11) is 3.64. The minimum atomic E-state index is -0.0547. The summed E-state index contributed by atoms with van der Waals surface area (Å²) in [5.74, 6) is 0.285. The number of aryl methyl sites for hydroxylation is 1. The smallest absolute Gasteiger partial charge is 0.251 e. The number of amides is 2. The third-order valence-electron chi connectivity index (χ3n) is 6.42. The van der Waals surface area contributed by atoms with E-state index in [1.807, 2.05) is 50.5 Å². The van der Waals surface area contributed by atoms with E-state index in [1.54, 1.807) is 4.90 Å². The van der Waals surface area contributed by atoms with Crippen LogP contribution in [0.4, 0.5) is 5.69 Å². The van der Waals surface area contributed by atoms with Gasteiger partial charge in [0.2, 0.25) is 5.91 Å². The van der Waals surface area contributed by atoms with Gasteiger partial charge in [-0.3, -0.25) is 9.59 Å². The highest BCUT2D eigenvalue weighted by molar-refractivity contribution is 5.94. The summed E-state index contributed by atoms with van der Waals surface area (Å²) < 4.78 is 2.24. The lowest BCUT2D eigenvalue weighted by atomic mass is 9.95. The van der Waals surface area contributed by atoms with E-state index in [-0.39, 0.29) is 17.7 Å². The highest BCUT2D eigenvalue weighted by Gasteiger charge is 2.26. The molecule has 1 aromatic heterocycles. The number of aromatic nitrogens is 1. The molecular formula is C26H32N4O2. The molecule has 2 heterocycles. The van der Waals surface area contributed by atoms with Gasteiger partial charge < -0.3 is 19.7 Å². The molecule has 1 saturated heterocycles. The average Bonchev–Trinajstić information content (AvgIpc) is 3.13. The minimum Gasteiger partial charge on any atom is -0.371 e. The zero-order valence-electron chi connectivity index (χ0n) is 19.2. The Balaban J connectivity index is 1.30. The van der Waals surface area contributed by atoms with Crippen LogP contribution in [0.25, 0.3) is 10.9 Å². The molecule has 0 aliphatic carbocycles. The average molecular weight is 433 g/mol. The van der Waals surface area contributed by atoms with E-state index in [1.165, 1.54) is 16.6 Å². The predicted octanol–water partition coefficient (Wildman–Crippen LogP) is 3.68. The molecule has 0 bridgehead atoms. The summed E-state index contributed by atoms with van der Waals surface area (Å²) in [6, 6.07) is 18.3. The molecule has 0 saturated carbocycles. The number of carbonyl (C=O) groups excluding carboxylic acids is 2. The second-order valence-corrected chi connectivity index (χ2v) is 8.79. The SMILES string of the molecule is Cc1cc2ccccc2n1CCNC(=O)c1ccc(N2CCC(C(=O)N(C)C)CC2)cc1. The number of piperidine rings is 1. The fourth-order valence-electron chi connectivity index (χ4n) is 4.60. The zero-order valence-corrected chi connectivity index (χ0v) is 19.2. The highest BCUT2D eigenvalue weighted by Crippen LogP contribution is 2.24. The van der Waals surface area contributed by atoms with Crippen LogP contribution in [0.15, 0.2) is 54.6 Å². The van der Waals surface area contributed by atoms with Crippen LogP contribution in [0.1, 0.15) is 28.9 Å². The van der Waals surface area contributed by atoms with E-state index in [0.29, 0.717) is 12.1 Å². The van der Waals surface area contributed by atoms with Gasteiger partial charge >= 0.3 is 0 Å². The number of nitrogens with zero attached hydrogens (tertiary/aromatic N) is 3. The summed E-state index contributed by atoms with van der Waals surface area (Å²) in [6.45, 7) is 5.14. The normalized spacial score (nSPS) is 14.5. The Hall–Kier alpha value is -3.28. The van der Waals surface area contributed by atoms with Gasteiger partial charge in [0.15, 0.2) is 0 Å². The van der Waals surface area contributed by atoms with Gasteiger partial charge in [0, 0.05) is 68.7 Å². The molecule has 32 heavy (non-hydrogen) atoms. The number of fused-ring (bicyclic) bond motifs is 1. The van der Waals surface area contributed by atoms with Crippen molar-refractivity contribution in [3.8, 4) is 0 Å². The number of rotatable bonds is 6. The third kappa shape index (κ3) is 4.64. The fourth-order valence-corrected chi connectivity index (χ4v) is 4.60. The maximum absolute atomic E-state index is 12.6. The van der Waals surface area contributed by atoms with Gasteiger partial charge in [0.1, 0.15) is 0 Å². The Morgan fingerprint density at radius 3 is 2.41 bits per heavy atom. The van der Waals surface area contributed by atoms with Crippen molar-refractivity contribution in [2.75, 3.05) is 38.6 Å². The minimum absolute atomic E-state index is 0.0547. The molecule has 168 valence electrons. The lowest BCUT2D eigenvalue weighted by Gasteiger charge is -2.34. The number of hydrogen-bond donors (Lipinski definition) is 1. The molecule has 0 unspecified atom stereocenters. The Morgan fingerprint density at radius 1 is 1.03 bits per heavy atom. The summed E-state index contributed by atoms with van der Waals surface area (Å²) in [6.07, 6.45) is 1.74. The topological polar surface area (TPSA) is 57.6 Å². The summed E-state index contributed by atoms with van der Waals surface area (Å²) in [5.41, 5.74) is 4.16. The Morgan fingerprint density at radius 2 is 1.72 bits per heavy atom. The molecule has 4 rings (SSSR count). The van der Waals surface area contributed by atoms with Gasteiger partial charge in [-0.15, -0.1) is 0 Å². The first-order valence-electron chi connectivity index (χ1n) is 11.3. The first-order chi connectivity index (χ1) is 15.4. The van der Waals surface area contributed by atoms with E-state index in [2.05, 4.69) is 39.9 Å². The summed E-state index contributed by atoms with van der Waals surface area (Å²) in [4.78, 5) is 28.8. The highest BCUT2D eigenvalue weighted by atomic mass is 16.2. The van der Waals surface area contributed by atoms with Crippen LogP contribution in [-0.4, -0.2) is 55.0 Å². The molecule has 1 N–H and O–H groups in total. The molecule has 6 nitrogen and oxygen atoms in total. The summed E-state index contributed by atoms with van der Waals surface area (Å²) in [5, 5.41) is 4.27. The van der Waals surface area contributed by atoms with E-state index in [4.69, 9.17) is 0 Å². The van der Waals surface area contributed by atoms with Crippen molar-refractivity contribution in [2.45, 2.75) is 26.3 Å². The number of hydrogen-bond acceptors (Lipinski definition) is 3. The Kier molecular flexibility index (Phi) is 6.49. The Bertz CT molecular complexity index is 1090.